The molecule has 0 rings (SSSR count). The summed E-state index contributed by atoms with van der Waals surface area (Å²) in [5, 5.41) is 0. The van der Waals surface area contributed by atoms with E-state index in [9.17, 15) is 14.7 Å². The third kappa shape index (κ3) is 6.46. The lowest BCUT2D eigenvalue weighted by atomic mass is 10.5. The first-order valence-electron chi connectivity index (χ1n) is 3.45. The van der Waals surface area contributed by atoms with Crippen molar-refractivity contribution < 1.29 is 14.7 Å². The van der Waals surface area contributed by atoms with E-state index in [2.05, 4.69) is 13.2 Å². The topological polar surface area (TPSA) is 72.4 Å². The Morgan fingerprint density at radius 1 is 1.08 bits per heavy atom. The molecule has 0 aliphatic rings. The van der Waals surface area contributed by atoms with Gasteiger partial charge in [0.25, 0.3) is 0 Å². The fourth-order valence-corrected chi connectivity index (χ4v) is 1.52. The summed E-state index contributed by atoms with van der Waals surface area (Å²) in [6, 6.07) is 0. The van der Waals surface area contributed by atoms with Crippen LogP contribution in [-0.2, 0) is 0 Å². The van der Waals surface area contributed by atoms with E-state index in [0.717, 1.165) is 0 Å². The summed E-state index contributed by atoms with van der Waals surface area (Å²) in [4.78, 5) is 32.5. The molecule has 70 valence electrons. The van der Waals surface area contributed by atoms with Gasteiger partial charge in [-0.05, 0) is 0 Å². The van der Waals surface area contributed by atoms with Crippen LogP contribution in [0.15, 0.2) is 25.3 Å². The van der Waals surface area contributed by atoms with Gasteiger partial charge >= 0.3 is 0 Å². The van der Waals surface area contributed by atoms with Crippen molar-refractivity contribution in [2.24, 2.45) is 0 Å². The molecule has 0 aliphatic heterocycles. The summed E-state index contributed by atoms with van der Waals surface area (Å²) in [5.41, 5.74) is 0. The Morgan fingerprint density at radius 3 is 1.75 bits per heavy atom. The molecule has 0 bridgehead atoms. The molecule has 0 aromatic carbocycles. The van der Waals surface area contributed by atoms with Crippen LogP contribution in [-0.4, -0.2) is 24.3 Å². The fraction of sp³-hybridized carbons (Fsp3) is 0.429. The van der Waals surface area contributed by atoms with Gasteiger partial charge in [-0.15, -0.1) is 21.1 Å². The Kier molecular flexibility index (Phi) is 5.29. The monoisotopic (exact) mass is 189 g/mol. The highest BCUT2D eigenvalue weighted by Gasteiger charge is 2.05. The zero-order valence-electron chi connectivity index (χ0n) is 6.81. The first kappa shape index (κ1) is 11.8. The predicted octanol–water partition coefficient (Wildman–Crippen LogP) is -1.54. The Bertz CT molecular complexity index is 145. The smallest absolute Gasteiger partial charge is 0.0948 e. The van der Waals surface area contributed by atoms with E-state index in [4.69, 9.17) is 0 Å². The van der Waals surface area contributed by atoms with Gasteiger partial charge in [0.1, 0.15) is 0 Å². The van der Waals surface area contributed by atoms with Crippen LogP contribution >= 0.6 is 7.94 Å². The highest BCUT2D eigenvalue weighted by molar-refractivity contribution is 7.54. The molecule has 4 nitrogen and oxygen atoms in total. The van der Waals surface area contributed by atoms with E-state index < -0.39 is 14.2 Å². The maximum atomic E-state index is 10.4. The second kappa shape index (κ2) is 5.41. The Hall–Kier alpha value is -0.250. The third-order valence-corrected chi connectivity index (χ3v) is 1.89. The Morgan fingerprint density at radius 2 is 1.50 bits per heavy atom. The zero-order valence-corrected chi connectivity index (χ0v) is 7.70. The maximum absolute atomic E-state index is 10.4. The van der Waals surface area contributed by atoms with E-state index in [1.807, 2.05) is 0 Å². The second-order valence-electron chi connectivity index (χ2n) is 2.37. The quantitative estimate of drug-likeness (QED) is 0.375. The van der Waals surface area contributed by atoms with Crippen LogP contribution in [0.25, 0.3) is 0 Å². The molecule has 0 heterocycles. The average molecular weight is 189 g/mol. The van der Waals surface area contributed by atoms with Crippen molar-refractivity contribution in [2.45, 2.75) is 0 Å². The normalized spacial score (nSPS) is 11.7. The van der Waals surface area contributed by atoms with Crippen molar-refractivity contribution in [1.29, 1.82) is 0 Å². The average Bonchev–Trinajstić information content (AvgIpc) is 1.84. The van der Waals surface area contributed by atoms with Crippen LogP contribution in [0.5, 0.6) is 0 Å². The summed E-state index contributed by atoms with van der Waals surface area (Å²) < 4.78 is 0. The lowest BCUT2D eigenvalue weighted by Crippen LogP contribution is -2.42. The summed E-state index contributed by atoms with van der Waals surface area (Å²) in [7, 11) is -4.45. The fourth-order valence-electron chi connectivity index (χ4n) is 0.800. The van der Waals surface area contributed by atoms with Crippen LogP contribution in [0.4, 0.5) is 0 Å². The highest BCUT2D eigenvalue weighted by atomic mass is 31.2. The maximum Gasteiger partial charge on any atom is 0.0948 e. The summed E-state index contributed by atoms with van der Waals surface area (Å²) in [5.74, 6) is 0. The van der Waals surface area contributed by atoms with E-state index in [1.54, 1.807) is 12.2 Å². The third-order valence-electron chi connectivity index (χ3n) is 1.15. The first-order chi connectivity index (χ1) is 5.49. The highest BCUT2D eigenvalue weighted by Crippen LogP contribution is 2.28. The molecule has 5 heteroatoms. The van der Waals surface area contributed by atoms with Crippen molar-refractivity contribution in [1.82, 2.24) is 4.90 Å². The molecule has 0 N–H and O–H groups in total. The molecule has 0 amide bonds. The lowest BCUT2D eigenvalue weighted by Gasteiger charge is -2.44. The largest absolute Gasteiger partial charge is 0.687 e. The van der Waals surface area contributed by atoms with Crippen molar-refractivity contribution in [3.8, 4) is 0 Å². The molecule has 0 atom stereocenters. The SMILES string of the molecule is C=CCN(CC=C)C[P+]([O-])([O-])[O-]. The Balaban J connectivity index is 3.93. The van der Waals surface area contributed by atoms with Gasteiger partial charge in [0.15, 0.2) is 0 Å². The van der Waals surface area contributed by atoms with Crippen molar-refractivity contribution >= 4 is 7.94 Å². The minimum atomic E-state index is -4.45. The molecule has 0 radical (unpaired) electrons. The van der Waals surface area contributed by atoms with Crippen molar-refractivity contribution in [2.75, 3.05) is 19.4 Å². The van der Waals surface area contributed by atoms with Gasteiger partial charge in [-0.1, -0.05) is 12.2 Å². The van der Waals surface area contributed by atoms with Crippen LogP contribution < -0.4 is 14.7 Å². The standard InChI is InChI=1S/C7H14NO3P/c1-3-5-8(6-4-2)7-12(9,10)11/h3-4H,1-2,5-7H2,(H2,9,10,11)/p-2. The van der Waals surface area contributed by atoms with Gasteiger partial charge < -0.3 is 14.7 Å². The molecule has 0 saturated heterocycles. The number of hydrogen-bond donors (Lipinski definition) is 0. The molecular weight excluding hydrogens is 177 g/mol. The number of hydrogen-bond acceptors (Lipinski definition) is 4. The molecule has 0 aromatic heterocycles. The molecule has 0 aliphatic carbocycles. The van der Waals surface area contributed by atoms with Gasteiger partial charge in [0.05, 0.1) is 6.29 Å². The van der Waals surface area contributed by atoms with E-state index >= 15 is 0 Å². The van der Waals surface area contributed by atoms with Crippen LogP contribution in [0, 0.1) is 0 Å². The van der Waals surface area contributed by atoms with Crippen LogP contribution in [0.3, 0.4) is 0 Å². The summed E-state index contributed by atoms with van der Waals surface area (Å²) >= 11 is 0. The van der Waals surface area contributed by atoms with E-state index in [0.29, 0.717) is 13.1 Å². The molecule has 12 heavy (non-hydrogen) atoms. The lowest BCUT2D eigenvalue weighted by molar-refractivity contribution is -0.429. The Labute approximate surface area is 73.0 Å². The molecule has 0 spiro atoms. The van der Waals surface area contributed by atoms with Gasteiger partial charge in [-0.2, -0.15) is 0 Å². The predicted molar refractivity (Wildman–Crippen MR) is 43.8 cm³/mol. The minimum absolute atomic E-state index is 0.375. The van der Waals surface area contributed by atoms with Gasteiger partial charge in [-0.3, -0.25) is 4.90 Å². The second-order valence-corrected chi connectivity index (χ2v) is 3.87. The summed E-state index contributed by atoms with van der Waals surface area (Å²) in [6.07, 6.45) is 2.61. The summed E-state index contributed by atoms with van der Waals surface area (Å²) in [6.45, 7) is 7.64. The molecule has 0 aromatic rings. The first-order valence-corrected chi connectivity index (χ1v) is 5.17. The van der Waals surface area contributed by atoms with Gasteiger partial charge in [0.2, 0.25) is 0 Å². The van der Waals surface area contributed by atoms with Crippen molar-refractivity contribution in [3.63, 3.8) is 0 Å². The minimum Gasteiger partial charge on any atom is -0.687 e. The molecular formula is C7H12NO3P-2. The molecule has 0 fully saturated rings. The number of rotatable bonds is 6. The van der Waals surface area contributed by atoms with Crippen LogP contribution in [0.1, 0.15) is 0 Å². The molecule has 0 saturated carbocycles. The zero-order chi connectivity index (χ0) is 9.61. The van der Waals surface area contributed by atoms with Crippen LogP contribution in [0.2, 0.25) is 0 Å². The van der Waals surface area contributed by atoms with Crippen molar-refractivity contribution in [3.05, 3.63) is 25.3 Å². The van der Waals surface area contributed by atoms with E-state index in [-0.39, 0.29) is 0 Å². The van der Waals surface area contributed by atoms with E-state index in [1.165, 1.54) is 4.90 Å². The molecule has 0 unspecified atom stereocenters. The number of nitrogens with zero attached hydrogens (tertiary/aromatic N) is 1. The van der Waals surface area contributed by atoms with Gasteiger partial charge in [-0.25, -0.2) is 0 Å². The van der Waals surface area contributed by atoms with Gasteiger partial charge in [0, 0.05) is 13.1 Å².